The van der Waals surface area contributed by atoms with E-state index < -0.39 is 51.5 Å². The van der Waals surface area contributed by atoms with Crippen molar-refractivity contribution in [2.24, 2.45) is 0 Å². The van der Waals surface area contributed by atoms with E-state index in [9.17, 15) is 29.4 Å². The summed E-state index contributed by atoms with van der Waals surface area (Å²) in [6.45, 7) is 0. The van der Waals surface area contributed by atoms with Crippen molar-refractivity contribution in [1.82, 2.24) is 0 Å². The monoisotopic (exact) mass is 304 g/mol. The minimum absolute atomic E-state index is 0.116. The first kappa shape index (κ1) is 15.0. The molecule has 0 unspecified atom stereocenters. The van der Waals surface area contributed by atoms with E-state index in [1.807, 2.05) is 0 Å². The van der Waals surface area contributed by atoms with Gasteiger partial charge in [-0.25, -0.2) is 19.2 Å². The lowest BCUT2D eigenvalue weighted by molar-refractivity contribution is 0.0647. The Morgan fingerprint density at radius 2 is 0.955 bits per heavy atom. The van der Waals surface area contributed by atoms with Crippen LogP contribution < -0.4 is 0 Å². The molecule has 4 N–H and O–H groups in total. The Morgan fingerprint density at radius 3 is 1.23 bits per heavy atom. The molecule has 0 aromatic heterocycles. The third-order valence-electron chi connectivity index (χ3n) is 3.08. The fourth-order valence-corrected chi connectivity index (χ4v) is 2.22. The summed E-state index contributed by atoms with van der Waals surface area (Å²) >= 11 is 0. The SMILES string of the molecule is O=C(O)c1ccc2ccc(C(=O)O)c(C(=O)O)c2c1C(=O)O. The Morgan fingerprint density at radius 1 is 0.591 bits per heavy atom. The molecule has 22 heavy (non-hydrogen) atoms. The average Bonchev–Trinajstić information content (AvgIpc) is 2.43. The Bertz CT molecular complexity index is 783. The molecule has 0 aliphatic heterocycles. The van der Waals surface area contributed by atoms with Gasteiger partial charge in [-0.15, -0.1) is 0 Å². The fraction of sp³-hybridized carbons (Fsp3) is 0. The van der Waals surface area contributed by atoms with Crippen molar-refractivity contribution in [2.45, 2.75) is 0 Å². The quantitative estimate of drug-likeness (QED) is 0.665. The smallest absolute Gasteiger partial charge is 0.337 e. The largest absolute Gasteiger partial charge is 0.478 e. The van der Waals surface area contributed by atoms with E-state index in [1.165, 1.54) is 12.1 Å². The molecule has 112 valence electrons. The molecule has 2 aromatic rings. The first-order valence-corrected chi connectivity index (χ1v) is 5.78. The van der Waals surface area contributed by atoms with Gasteiger partial charge in [0.1, 0.15) is 0 Å². The van der Waals surface area contributed by atoms with Crippen LogP contribution in [0.25, 0.3) is 10.8 Å². The molecule has 0 spiro atoms. The van der Waals surface area contributed by atoms with E-state index in [1.54, 1.807) is 0 Å². The summed E-state index contributed by atoms with van der Waals surface area (Å²) < 4.78 is 0. The Hall–Kier alpha value is -3.42. The number of aromatic carboxylic acids is 4. The molecular weight excluding hydrogens is 296 g/mol. The molecule has 8 nitrogen and oxygen atoms in total. The summed E-state index contributed by atoms with van der Waals surface area (Å²) in [5.74, 6) is -6.44. The molecule has 0 heterocycles. The van der Waals surface area contributed by atoms with Gasteiger partial charge in [0.25, 0.3) is 0 Å². The van der Waals surface area contributed by atoms with Crippen LogP contribution in [0.15, 0.2) is 24.3 Å². The number of hydrogen-bond acceptors (Lipinski definition) is 4. The summed E-state index contributed by atoms with van der Waals surface area (Å²) in [6.07, 6.45) is 0. The van der Waals surface area contributed by atoms with Gasteiger partial charge in [0.15, 0.2) is 0 Å². The maximum Gasteiger partial charge on any atom is 0.337 e. The van der Waals surface area contributed by atoms with Crippen LogP contribution in [0, 0.1) is 0 Å². The van der Waals surface area contributed by atoms with Gasteiger partial charge in [-0.3, -0.25) is 0 Å². The number of rotatable bonds is 4. The second kappa shape index (κ2) is 5.17. The molecule has 2 aromatic carbocycles. The highest BCUT2D eigenvalue weighted by Gasteiger charge is 2.27. The van der Waals surface area contributed by atoms with Gasteiger partial charge in [-0.1, -0.05) is 12.1 Å². The first-order chi connectivity index (χ1) is 10.3. The van der Waals surface area contributed by atoms with Gasteiger partial charge in [0.2, 0.25) is 0 Å². The van der Waals surface area contributed by atoms with Crippen molar-refractivity contribution in [3.63, 3.8) is 0 Å². The van der Waals surface area contributed by atoms with Crippen molar-refractivity contribution in [2.75, 3.05) is 0 Å². The summed E-state index contributed by atoms with van der Waals surface area (Å²) in [5, 5.41) is 36.3. The van der Waals surface area contributed by atoms with Crippen LogP contribution in [0.1, 0.15) is 41.4 Å². The van der Waals surface area contributed by atoms with Crippen LogP contribution in [0.3, 0.4) is 0 Å². The number of carbonyl (C=O) groups is 4. The Labute approximate surface area is 121 Å². The van der Waals surface area contributed by atoms with Gasteiger partial charge in [0.05, 0.1) is 22.3 Å². The second-order valence-corrected chi connectivity index (χ2v) is 4.29. The molecule has 0 saturated carbocycles. The molecule has 0 saturated heterocycles. The van der Waals surface area contributed by atoms with Gasteiger partial charge in [-0.05, 0) is 17.5 Å². The number of carboxylic acids is 4. The molecule has 0 aliphatic carbocycles. The maximum atomic E-state index is 11.4. The van der Waals surface area contributed by atoms with Crippen molar-refractivity contribution >= 4 is 34.6 Å². The van der Waals surface area contributed by atoms with E-state index in [-0.39, 0.29) is 5.39 Å². The number of fused-ring (bicyclic) bond motifs is 1. The van der Waals surface area contributed by atoms with E-state index in [2.05, 4.69) is 0 Å². The zero-order valence-electron chi connectivity index (χ0n) is 10.7. The normalized spacial score (nSPS) is 10.4. The lowest BCUT2D eigenvalue weighted by Gasteiger charge is -2.11. The second-order valence-electron chi connectivity index (χ2n) is 4.29. The van der Waals surface area contributed by atoms with Gasteiger partial charge >= 0.3 is 23.9 Å². The molecule has 2 rings (SSSR count). The lowest BCUT2D eigenvalue weighted by atomic mass is 9.92. The summed E-state index contributed by atoms with van der Waals surface area (Å²) in [6, 6.07) is 4.51. The van der Waals surface area contributed by atoms with E-state index in [0.717, 1.165) is 12.1 Å². The Kier molecular flexibility index (Phi) is 3.52. The summed E-state index contributed by atoms with van der Waals surface area (Å²) in [7, 11) is 0. The molecule has 8 heteroatoms. The van der Waals surface area contributed by atoms with Gasteiger partial charge in [0, 0.05) is 5.39 Å². The maximum absolute atomic E-state index is 11.4. The highest BCUT2D eigenvalue weighted by Crippen LogP contribution is 2.29. The highest BCUT2D eigenvalue weighted by molar-refractivity contribution is 6.20. The van der Waals surface area contributed by atoms with Crippen LogP contribution in [0.4, 0.5) is 0 Å². The fourth-order valence-electron chi connectivity index (χ4n) is 2.22. The minimum Gasteiger partial charge on any atom is -0.478 e. The summed E-state index contributed by atoms with van der Waals surface area (Å²) in [5.41, 5.74) is -2.76. The molecule has 0 atom stereocenters. The standard InChI is InChI=1S/C14H8O8/c15-11(16)6-3-1-5-2-4-7(12(17)18)10(14(21)22)8(5)9(6)13(19)20/h1-4H,(H,15,16)(H,17,18)(H,19,20)(H,21,22). The van der Waals surface area contributed by atoms with Crippen LogP contribution >= 0.6 is 0 Å². The molecule has 0 amide bonds. The predicted octanol–water partition coefficient (Wildman–Crippen LogP) is 1.63. The first-order valence-electron chi connectivity index (χ1n) is 5.78. The third kappa shape index (κ3) is 2.22. The zero-order chi connectivity index (χ0) is 16.6. The summed E-state index contributed by atoms with van der Waals surface area (Å²) in [4.78, 5) is 45.1. The van der Waals surface area contributed by atoms with Crippen molar-refractivity contribution in [3.05, 3.63) is 46.5 Å². The average molecular weight is 304 g/mol. The predicted molar refractivity (Wildman–Crippen MR) is 71.8 cm³/mol. The van der Waals surface area contributed by atoms with Crippen molar-refractivity contribution < 1.29 is 39.6 Å². The molecular formula is C14H8O8. The number of carboxylic acid groups (broad SMARTS) is 4. The number of benzene rings is 2. The van der Waals surface area contributed by atoms with E-state index in [4.69, 9.17) is 10.2 Å². The molecule has 0 bridgehead atoms. The molecule has 0 radical (unpaired) electrons. The van der Waals surface area contributed by atoms with Crippen molar-refractivity contribution in [3.8, 4) is 0 Å². The highest BCUT2D eigenvalue weighted by atomic mass is 16.4. The van der Waals surface area contributed by atoms with E-state index in [0.29, 0.717) is 0 Å². The van der Waals surface area contributed by atoms with Gasteiger partial charge < -0.3 is 20.4 Å². The van der Waals surface area contributed by atoms with Crippen LogP contribution in [-0.2, 0) is 0 Å². The number of hydrogen-bond donors (Lipinski definition) is 4. The van der Waals surface area contributed by atoms with Crippen molar-refractivity contribution in [1.29, 1.82) is 0 Å². The molecule has 0 aliphatic rings. The lowest BCUT2D eigenvalue weighted by Crippen LogP contribution is -2.14. The van der Waals surface area contributed by atoms with Gasteiger partial charge in [-0.2, -0.15) is 0 Å². The van der Waals surface area contributed by atoms with Crippen LogP contribution in [-0.4, -0.2) is 44.3 Å². The Balaban J connectivity index is 3.13. The van der Waals surface area contributed by atoms with Crippen LogP contribution in [0.2, 0.25) is 0 Å². The zero-order valence-corrected chi connectivity index (χ0v) is 10.7. The minimum atomic E-state index is -1.66. The topological polar surface area (TPSA) is 149 Å². The molecule has 0 fully saturated rings. The van der Waals surface area contributed by atoms with E-state index >= 15 is 0 Å². The van der Waals surface area contributed by atoms with Crippen LogP contribution in [0.5, 0.6) is 0 Å². The third-order valence-corrected chi connectivity index (χ3v) is 3.08.